The lowest BCUT2D eigenvalue weighted by Gasteiger charge is -2.02. The fourth-order valence-electron chi connectivity index (χ4n) is 1.08. The van der Waals surface area contributed by atoms with Crippen LogP contribution in [0.4, 0.5) is 0 Å². The average molecular weight is 327 g/mol. The van der Waals surface area contributed by atoms with Gasteiger partial charge in [-0.05, 0) is 29.8 Å². The molecule has 0 unspecified atom stereocenters. The van der Waals surface area contributed by atoms with Crippen LogP contribution in [0.25, 0.3) is 0 Å². The van der Waals surface area contributed by atoms with Crippen molar-refractivity contribution in [1.29, 1.82) is 0 Å². The summed E-state index contributed by atoms with van der Waals surface area (Å²) in [4.78, 5) is 11.1. The maximum Gasteiger partial charge on any atom is 0.341 e. The van der Waals surface area contributed by atoms with Crippen molar-refractivity contribution in [3.8, 4) is 5.75 Å². The lowest BCUT2D eigenvalue weighted by atomic mass is 10.2. The maximum atomic E-state index is 11.1. The predicted octanol–water partition coefficient (Wildman–Crippen LogP) is 6.01. The van der Waals surface area contributed by atoms with Gasteiger partial charge in [-0.2, -0.15) is 11.3 Å². The average Bonchev–Trinajstić information content (AvgIpc) is 3.11. The molecule has 0 saturated heterocycles. The van der Waals surface area contributed by atoms with E-state index >= 15 is 0 Å². The van der Waals surface area contributed by atoms with Gasteiger partial charge in [0.05, 0.1) is 6.61 Å². The van der Waals surface area contributed by atoms with E-state index < -0.39 is 5.97 Å². The summed E-state index contributed by atoms with van der Waals surface area (Å²) < 4.78 is 4.71. The van der Waals surface area contributed by atoms with E-state index in [1.165, 1.54) is 12.1 Å². The summed E-state index contributed by atoms with van der Waals surface area (Å²) in [6, 6.07) is 10.3. The Hall–Kier alpha value is -1.81. The second kappa shape index (κ2) is 19.2. The molecule has 3 nitrogen and oxygen atoms in total. The number of phenols is 1. The molecule has 1 heterocycles. The summed E-state index contributed by atoms with van der Waals surface area (Å²) in [5.41, 5.74) is 0.208. The Kier molecular flexibility index (Phi) is 21.9. The second-order valence-corrected chi connectivity index (χ2v) is 3.85. The summed E-state index contributed by atoms with van der Waals surface area (Å²) in [7, 11) is 0. The number of rotatable bonds is 2. The van der Waals surface area contributed by atoms with Crippen LogP contribution >= 0.6 is 11.3 Å². The molecule has 0 bridgehead atoms. The van der Waals surface area contributed by atoms with E-state index in [4.69, 9.17) is 4.74 Å². The van der Waals surface area contributed by atoms with Gasteiger partial charge in [-0.25, -0.2) is 4.79 Å². The predicted molar refractivity (Wildman–Crippen MR) is 97.8 cm³/mol. The van der Waals surface area contributed by atoms with Crippen molar-refractivity contribution in [2.75, 3.05) is 6.61 Å². The minimum Gasteiger partial charge on any atom is -0.507 e. The summed E-state index contributed by atoms with van der Waals surface area (Å²) >= 11 is 1.71. The van der Waals surface area contributed by atoms with Crippen molar-refractivity contribution in [2.24, 2.45) is 0 Å². The molecule has 2 rings (SSSR count). The fourth-order valence-corrected chi connectivity index (χ4v) is 1.54. The van der Waals surface area contributed by atoms with Gasteiger partial charge in [0.25, 0.3) is 0 Å². The molecular formula is C18H30O3S. The number of esters is 1. The number of hydrogen-bond donors (Lipinski definition) is 1. The number of ether oxygens (including phenoxy) is 1. The Morgan fingerprint density at radius 1 is 1.05 bits per heavy atom. The van der Waals surface area contributed by atoms with Crippen LogP contribution in [0.1, 0.15) is 52.4 Å². The lowest BCUT2D eigenvalue weighted by molar-refractivity contribution is 0.0523. The van der Waals surface area contributed by atoms with Crippen molar-refractivity contribution >= 4 is 17.3 Å². The molecule has 1 aromatic carbocycles. The van der Waals surface area contributed by atoms with Crippen molar-refractivity contribution in [3.05, 3.63) is 52.7 Å². The standard InChI is InChI=1S/C9H10O3.C4H4S.2C2H6.CH4/c1-2-12-9(11)7-5-3-4-6-8(7)10;1-2-4-5-3-1;2*1-2;/h3-6,10H,2H2,1H3;1-4H;2*1-2H3;1H4. The first-order valence-corrected chi connectivity index (χ1v) is 8.12. The van der Waals surface area contributed by atoms with Crippen molar-refractivity contribution in [1.82, 2.24) is 0 Å². The molecule has 0 radical (unpaired) electrons. The summed E-state index contributed by atoms with van der Waals surface area (Å²) in [5, 5.41) is 13.3. The van der Waals surface area contributed by atoms with E-state index in [1.54, 1.807) is 30.4 Å². The monoisotopic (exact) mass is 326 g/mol. The zero-order chi connectivity index (χ0) is 16.5. The van der Waals surface area contributed by atoms with Gasteiger partial charge in [-0.3, -0.25) is 0 Å². The van der Waals surface area contributed by atoms with Gasteiger partial charge in [0.2, 0.25) is 0 Å². The first kappa shape index (κ1) is 25.2. The van der Waals surface area contributed by atoms with Crippen LogP contribution in [0, 0.1) is 0 Å². The first-order valence-electron chi connectivity index (χ1n) is 7.18. The van der Waals surface area contributed by atoms with Gasteiger partial charge in [0.1, 0.15) is 11.3 Å². The molecule has 4 heteroatoms. The minimum atomic E-state index is -0.490. The number of para-hydroxylation sites is 1. The Morgan fingerprint density at radius 2 is 1.55 bits per heavy atom. The molecule has 0 fully saturated rings. The van der Waals surface area contributed by atoms with E-state index in [9.17, 15) is 9.90 Å². The molecule has 0 saturated carbocycles. The molecule has 1 N–H and O–H groups in total. The Balaban J connectivity index is -0.000000303. The van der Waals surface area contributed by atoms with Crippen molar-refractivity contribution in [3.63, 3.8) is 0 Å². The number of phenolic OH excluding ortho intramolecular Hbond substituents is 1. The van der Waals surface area contributed by atoms with Crippen LogP contribution in [-0.2, 0) is 4.74 Å². The Labute approximate surface area is 139 Å². The highest BCUT2D eigenvalue weighted by molar-refractivity contribution is 7.07. The molecule has 1 aromatic heterocycles. The lowest BCUT2D eigenvalue weighted by Crippen LogP contribution is -2.04. The Bertz CT molecular complexity index is 422. The highest BCUT2D eigenvalue weighted by atomic mass is 32.1. The van der Waals surface area contributed by atoms with Crippen LogP contribution in [0.2, 0.25) is 0 Å². The maximum absolute atomic E-state index is 11.1. The van der Waals surface area contributed by atoms with Gasteiger partial charge in [0, 0.05) is 0 Å². The number of thiophene rings is 1. The molecule has 0 aliphatic rings. The zero-order valence-electron chi connectivity index (χ0n) is 13.5. The number of carbonyl (C=O) groups is 1. The molecule has 22 heavy (non-hydrogen) atoms. The highest BCUT2D eigenvalue weighted by Crippen LogP contribution is 2.16. The second-order valence-electron chi connectivity index (χ2n) is 3.03. The normalized spacial score (nSPS) is 7.50. The van der Waals surface area contributed by atoms with Crippen molar-refractivity contribution in [2.45, 2.75) is 42.0 Å². The fraction of sp³-hybridized carbons (Fsp3) is 0.389. The van der Waals surface area contributed by atoms with Crippen LogP contribution in [0.3, 0.4) is 0 Å². The number of benzene rings is 1. The van der Waals surface area contributed by atoms with Gasteiger partial charge in [-0.1, -0.05) is 59.4 Å². The van der Waals surface area contributed by atoms with E-state index in [0.717, 1.165) is 0 Å². The largest absolute Gasteiger partial charge is 0.507 e. The quantitative estimate of drug-likeness (QED) is 0.688. The summed E-state index contributed by atoms with van der Waals surface area (Å²) in [6.45, 7) is 10.0. The zero-order valence-corrected chi connectivity index (χ0v) is 14.3. The molecule has 0 amide bonds. The molecule has 0 spiro atoms. The number of carbonyl (C=O) groups excluding carboxylic acids is 1. The third kappa shape index (κ3) is 12.0. The smallest absolute Gasteiger partial charge is 0.341 e. The van der Waals surface area contributed by atoms with Gasteiger partial charge >= 0.3 is 5.97 Å². The topological polar surface area (TPSA) is 46.5 Å². The third-order valence-corrected chi connectivity index (χ3v) is 2.45. The summed E-state index contributed by atoms with van der Waals surface area (Å²) in [5.74, 6) is -0.536. The SMILES string of the molecule is C.CC.CC.CCOC(=O)c1ccccc1O.c1ccsc1. The Morgan fingerprint density at radius 3 is 1.91 bits per heavy atom. The molecular weight excluding hydrogens is 296 g/mol. The molecule has 2 aromatic rings. The third-order valence-electron chi connectivity index (χ3n) is 1.82. The van der Waals surface area contributed by atoms with E-state index in [0.29, 0.717) is 6.61 Å². The van der Waals surface area contributed by atoms with Gasteiger partial charge in [-0.15, -0.1) is 0 Å². The highest BCUT2D eigenvalue weighted by Gasteiger charge is 2.09. The molecule has 0 aliphatic carbocycles. The minimum absolute atomic E-state index is 0. The van der Waals surface area contributed by atoms with Crippen LogP contribution in [0.5, 0.6) is 5.75 Å². The van der Waals surface area contributed by atoms with Crippen LogP contribution < -0.4 is 0 Å². The molecule has 126 valence electrons. The summed E-state index contributed by atoms with van der Waals surface area (Å²) in [6.07, 6.45) is 0. The molecule has 0 aliphatic heterocycles. The van der Waals surface area contributed by atoms with Crippen molar-refractivity contribution < 1.29 is 14.6 Å². The number of hydrogen-bond acceptors (Lipinski definition) is 4. The van der Waals surface area contributed by atoms with E-state index in [-0.39, 0.29) is 18.7 Å². The van der Waals surface area contributed by atoms with Crippen LogP contribution in [-0.4, -0.2) is 17.7 Å². The number of aromatic hydroxyl groups is 1. The first-order chi connectivity index (χ1) is 10.3. The van der Waals surface area contributed by atoms with E-state index in [2.05, 4.69) is 0 Å². The van der Waals surface area contributed by atoms with E-state index in [1.807, 2.05) is 50.6 Å². The van der Waals surface area contributed by atoms with Crippen LogP contribution in [0.15, 0.2) is 47.2 Å². The van der Waals surface area contributed by atoms with Gasteiger partial charge in [0.15, 0.2) is 0 Å². The molecule has 0 atom stereocenters. The van der Waals surface area contributed by atoms with Gasteiger partial charge < -0.3 is 9.84 Å².